The number of methoxy groups -OCH3 is 1. The molecule has 0 aliphatic heterocycles. The average Bonchev–Trinajstić information content (AvgIpc) is 2.19. The molecule has 0 saturated carbocycles. The van der Waals surface area contributed by atoms with Gasteiger partial charge in [0, 0.05) is 33.4 Å². The molecular formula is C13H29NO2. The minimum Gasteiger partial charge on any atom is -0.383 e. The van der Waals surface area contributed by atoms with Gasteiger partial charge in [0.15, 0.2) is 0 Å². The fraction of sp³-hybridized carbons (Fsp3) is 1.00. The molecule has 0 bridgehead atoms. The van der Waals surface area contributed by atoms with Gasteiger partial charge in [-0.05, 0) is 17.8 Å². The van der Waals surface area contributed by atoms with Crippen LogP contribution in [0, 0.1) is 11.3 Å². The first-order valence-electron chi connectivity index (χ1n) is 6.25. The predicted molar refractivity (Wildman–Crippen MR) is 68.8 cm³/mol. The van der Waals surface area contributed by atoms with E-state index in [-0.39, 0.29) is 0 Å². The highest BCUT2D eigenvalue weighted by Gasteiger charge is 2.16. The molecule has 98 valence electrons. The van der Waals surface area contributed by atoms with Crippen molar-refractivity contribution in [2.45, 2.75) is 34.1 Å². The zero-order valence-electron chi connectivity index (χ0n) is 11.6. The van der Waals surface area contributed by atoms with Crippen LogP contribution < -0.4 is 5.32 Å². The molecule has 0 rings (SSSR count). The highest BCUT2D eigenvalue weighted by molar-refractivity contribution is 4.71. The maximum absolute atomic E-state index is 5.61. The van der Waals surface area contributed by atoms with Gasteiger partial charge in [-0.2, -0.15) is 0 Å². The number of hydrogen-bond acceptors (Lipinski definition) is 3. The van der Waals surface area contributed by atoms with E-state index in [1.807, 2.05) is 0 Å². The summed E-state index contributed by atoms with van der Waals surface area (Å²) in [6, 6.07) is 0. The second kappa shape index (κ2) is 8.97. The first kappa shape index (κ1) is 15.9. The van der Waals surface area contributed by atoms with Crippen LogP contribution in [0.4, 0.5) is 0 Å². The van der Waals surface area contributed by atoms with Crippen LogP contribution in [-0.2, 0) is 9.47 Å². The summed E-state index contributed by atoms with van der Waals surface area (Å²) in [7, 11) is 1.73. The van der Waals surface area contributed by atoms with Gasteiger partial charge in [-0.3, -0.25) is 0 Å². The van der Waals surface area contributed by atoms with Gasteiger partial charge in [-0.1, -0.05) is 27.7 Å². The van der Waals surface area contributed by atoms with Gasteiger partial charge in [-0.15, -0.1) is 0 Å². The molecular weight excluding hydrogens is 202 g/mol. The molecule has 1 N–H and O–H groups in total. The third-order valence-corrected chi connectivity index (χ3v) is 2.46. The molecule has 0 heterocycles. The number of ether oxygens (including phenoxy) is 2. The number of hydrogen-bond donors (Lipinski definition) is 1. The van der Waals surface area contributed by atoms with E-state index in [0.717, 1.165) is 39.3 Å². The lowest BCUT2D eigenvalue weighted by molar-refractivity contribution is 0.0838. The van der Waals surface area contributed by atoms with Crippen molar-refractivity contribution in [2.75, 3.05) is 40.0 Å². The van der Waals surface area contributed by atoms with E-state index in [1.54, 1.807) is 7.11 Å². The average molecular weight is 231 g/mol. The van der Waals surface area contributed by atoms with Crippen LogP contribution in [0.15, 0.2) is 0 Å². The van der Waals surface area contributed by atoms with Crippen molar-refractivity contribution in [2.24, 2.45) is 11.3 Å². The van der Waals surface area contributed by atoms with Crippen molar-refractivity contribution in [1.82, 2.24) is 5.32 Å². The van der Waals surface area contributed by atoms with E-state index in [0.29, 0.717) is 11.3 Å². The van der Waals surface area contributed by atoms with Gasteiger partial charge in [-0.25, -0.2) is 0 Å². The summed E-state index contributed by atoms with van der Waals surface area (Å²) in [6.45, 7) is 13.3. The fourth-order valence-electron chi connectivity index (χ4n) is 1.36. The van der Waals surface area contributed by atoms with Gasteiger partial charge in [0.2, 0.25) is 0 Å². The Labute approximate surface area is 101 Å². The molecule has 0 aliphatic rings. The van der Waals surface area contributed by atoms with Crippen molar-refractivity contribution in [3.8, 4) is 0 Å². The molecule has 0 aliphatic carbocycles. The highest BCUT2D eigenvalue weighted by atomic mass is 16.5. The molecule has 0 aromatic rings. The van der Waals surface area contributed by atoms with Crippen LogP contribution >= 0.6 is 0 Å². The molecule has 0 saturated heterocycles. The normalized spacial score (nSPS) is 12.4. The summed E-state index contributed by atoms with van der Waals surface area (Å²) in [5.41, 5.74) is 0.296. The second-order valence-electron chi connectivity index (χ2n) is 5.55. The molecule has 0 aromatic heterocycles. The summed E-state index contributed by atoms with van der Waals surface area (Å²) >= 11 is 0. The van der Waals surface area contributed by atoms with Gasteiger partial charge in [0.1, 0.15) is 0 Å². The number of rotatable bonds is 10. The first-order chi connectivity index (χ1) is 7.48. The van der Waals surface area contributed by atoms with Crippen molar-refractivity contribution >= 4 is 0 Å². The Balaban J connectivity index is 3.46. The zero-order valence-corrected chi connectivity index (χ0v) is 11.6. The van der Waals surface area contributed by atoms with Crippen LogP contribution in [0.1, 0.15) is 34.1 Å². The lowest BCUT2D eigenvalue weighted by atomic mass is 9.90. The molecule has 0 radical (unpaired) electrons. The van der Waals surface area contributed by atoms with Crippen LogP contribution in [0.2, 0.25) is 0 Å². The Morgan fingerprint density at radius 3 is 2.44 bits per heavy atom. The molecule has 0 amide bonds. The van der Waals surface area contributed by atoms with Crippen LogP contribution in [0.3, 0.4) is 0 Å². The predicted octanol–water partition coefficient (Wildman–Crippen LogP) is 2.31. The summed E-state index contributed by atoms with van der Waals surface area (Å²) in [5, 5.41) is 3.40. The van der Waals surface area contributed by atoms with E-state index in [1.165, 1.54) is 0 Å². The fourth-order valence-corrected chi connectivity index (χ4v) is 1.36. The van der Waals surface area contributed by atoms with E-state index < -0.39 is 0 Å². The van der Waals surface area contributed by atoms with E-state index in [9.17, 15) is 0 Å². The third kappa shape index (κ3) is 10.4. The Kier molecular flexibility index (Phi) is 8.90. The molecule has 3 nitrogen and oxygen atoms in total. The van der Waals surface area contributed by atoms with Gasteiger partial charge < -0.3 is 14.8 Å². The Hall–Kier alpha value is -0.120. The first-order valence-corrected chi connectivity index (χ1v) is 6.25. The van der Waals surface area contributed by atoms with Crippen LogP contribution in [0.25, 0.3) is 0 Å². The summed E-state index contributed by atoms with van der Waals surface area (Å²) < 4.78 is 10.6. The highest BCUT2D eigenvalue weighted by Crippen LogP contribution is 2.18. The molecule has 16 heavy (non-hydrogen) atoms. The smallest absolute Gasteiger partial charge is 0.0587 e. The molecule has 0 fully saturated rings. The summed E-state index contributed by atoms with van der Waals surface area (Å²) in [4.78, 5) is 0. The largest absolute Gasteiger partial charge is 0.383 e. The minimum absolute atomic E-state index is 0.296. The standard InChI is InChI=1S/C13H29NO2/c1-12(2)10-16-8-6-13(3,4)11-14-7-9-15-5/h12,14H,6-11H2,1-5H3. The maximum Gasteiger partial charge on any atom is 0.0587 e. The van der Waals surface area contributed by atoms with Gasteiger partial charge >= 0.3 is 0 Å². The topological polar surface area (TPSA) is 30.5 Å². The van der Waals surface area contributed by atoms with E-state index >= 15 is 0 Å². The molecule has 0 atom stereocenters. The van der Waals surface area contributed by atoms with E-state index in [2.05, 4.69) is 33.0 Å². The minimum atomic E-state index is 0.296. The van der Waals surface area contributed by atoms with Crippen LogP contribution in [-0.4, -0.2) is 40.0 Å². The Bertz CT molecular complexity index is 158. The second-order valence-corrected chi connectivity index (χ2v) is 5.55. The van der Waals surface area contributed by atoms with Gasteiger partial charge in [0.25, 0.3) is 0 Å². The Morgan fingerprint density at radius 2 is 1.88 bits per heavy atom. The molecule has 0 unspecified atom stereocenters. The summed E-state index contributed by atoms with van der Waals surface area (Å²) in [6.07, 6.45) is 1.10. The number of nitrogens with one attached hydrogen (secondary N) is 1. The molecule has 3 heteroatoms. The van der Waals surface area contributed by atoms with Crippen molar-refractivity contribution < 1.29 is 9.47 Å². The quantitative estimate of drug-likeness (QED) is 0.585. The molecule has 0 spiro atoms. The van der Waals surface area contributed by atoms with E-state index in [4.69, 9.17) is 9.47 Å². The lowest BCUT2D eigenvalue weighted by Gasteiger charge is -2.25. The van der Waals surface area contributed by atoms with Crippen molar-refractivity contribution in [3.63, 3.8) is 0 Å². The Morgan fingerprint density at radius 1 is 1.19 bits per heavy atom. The van der Waals surface area contributed by atoms with Crippen LogP contribution in [0.5, 0.6) is 0 Å². The zero-order chi connectivity index (χ0) is 12.4. The van der Waals surface area contributed by atoms with Crippen molar-refractivity contribution in [3.05, 3.63) is 0 Å². The monoisotopic (exact) mass is 231 g/mol. The molecule has 0 aromatic carbocycles. The SMILES string of the molecule is COCCNCC(C)(C)CCOCC(C)C. The summed E-state index contributed by atoms with van der Waals surface area (Å²) in [5.74, 6) is 0.628. The lowest BCUT2D eigenvalue weighted by Crippen LogP contribution is -2.32. The maximum atomic E-state index is 5.61. The van der Waals surface area contributed by atoms with Gasteiger partial charge in [0.05, 0.1) is 6.61 Å². The van der Waals surface area contributed by atoms with Crippen molar-refractivity contribution in [1.29, 1.82) is 0 Å². The third-order valence-electron chi connectivity index (χ3n) is 2.46.